The summed E-state index contributed by atoms with van der Waals surface area (Å²) >= 11 is 1.54. The molecule has 3 aromatic heterocycles. The summed E-state index contributed by atoms with van der Waals surface area (Å²) in [6, 6.07) is 13.2. The first kappa shape index (κ1) is 13.7. The largest absolute Gasteiger partial charge is 0.355 e. The highest BCUT2D eigenvalue weighted by Crippen LogP contribution is 2.25. The Balaban J connectivity index is 1.48. The molecule has 4 rings (SSSR count). The molecule has 114 valence electrons. The second-order valence-electron chi connectivity index (χ2n) is 4.96. The second-order valence-corrected chi connectivity index (χ2v) is 5.90. The summed E-state index contributed by atoms with van der Waals surface area (Å²) in [5.41, 5.74) is 1.99. The van der Waals surface area contributed by atoms with E-state index in [0.29, 0.717) is 12.3 Å². The third-order valence-corrected chi connectivity index (χ3v) is 4.36. The molecule has 0 saturated carbocycles. The van der Waals surface area contributed by atoms with E-state index in [0.717, 1.165) is 21.5 Å². The number of thiophene rings is 1. The number of carbonyl (C=O) groups is 1. The van der Waals surface area contributed by atoms with Crippen LogP contribution < -0.4 is 5.32 Å². The molecule has 0 bridgehead atoms. The number of aromatic nitrogens is 3. The number of hydrogen-bond donors (Lipinski definition) is 2. The van der Waals surface area contributed by atoms with Crippen molar-refractivity contribution in [3.05, 3.63) is 59.2 Å². The van der Waals surface area contributed by atoms with Crippen molar-refractivity contribution in [2.24, 2.45) is 0 Å². The van der Waals surface area contributed by atoms with Gasteiger partial charge in [-0.1, -0.05) is 29.4 Å². The predicted molar refractivity (Wildman–Crippen MR) is 87.1 cm³/mol. The van der Waals surface area contributed by atoms with Gasteiger partial charge in [0, 0.05) is 11.5 Å². The monoisotopic (exact) mass is 324 g/mol. The van der Waals surface area contributed by atoms with Crippen molar-refractivity contribution in [1.82, 2.24) is 20.7 Å². The number of para-hydroxylation sites is 1. The van der Waals surface area contributed by atoms with E-state index < -0.39 is 0 Å². The fourth-order valence-electron chi connectivity index (χ4n) is 2.33. The molecular formula is C16H12N4O2S. The van der Waals surface area contributed by atoms with E-state index in [9.17, 15) is 4.79 Å². The van der Waals surface area contributed by atoms with Crippen LogP contribution in [0.25, 0.3) is 21.5 Å². The number of hydrogen-bond acceptors (Lipinski definition) is 5. The van der Waals surface area contributed by atoms with Crippen molar-refractivity contribution in [1.29, 1.82) is 0 Å². The molecule has 23 heavy (non-hydrogen) atoms. The minimum Gasteiger partial charge on any atom is -0.355 e. The number of nitrogens with zero attached hydrogens (tertiary/aromatic N) is 2. The summed E-state index contributed by atoms with van der Waals surface area (Å²) < 4.78 is 5.22. The van der Waals surface area contributed by atoms with Crippen LogP contribution in [0.5, 0.6) is 0 Å². The Morgan fingerprint density at radius 1 is 1.26 bits per heavy atom. The molecule has 7 heteroatoms. The molecule has 0 fully saturated rings. The molecule has 0 radical (unpaired) electrons. The predicted octanol–water partition coefficient (Wildman–Crippen LogP) is 3.21. The van der Waals surface area contributed by atoms with Gasteiger partial charge in [-0.15, -0.1) is 11.3 Å². The molecule has 0 aliphatic heterocycles. The summed E-state index contributed by atoms with van der Waals surface area (Å²) in [6.45, 7) is 0.348. The van der Waals surface area contributed by atoms with Gasteiger partial charge >= 0.3 is 0 Å². The van der Waals surface area contributed by atoms with E-state index in [1.807, 2.05) is 41.8 Å². The Bertz CT molecular complexity index is 955. The average molecular weight is 324 g/mol. The van der Waals surface area contributed by atoms with E-state index in [1.165, 1.54) is 11.3 Å². The number of fused-ring (bicyclic) bond motifs is 1. The van der Waals surface area contributed by atoms with Gasteiger partial charge in [0.1, 0.15) is 0 Å². The highest BCUT2D eigenvalue weighted by atomic mass is 32.1. The van der Waals surface area contributed by atoms with Crippen LogP contribution in [-0.4, -0.2) is 21.3 Å². The lowest BCUT2D eigenvalue weighted by Gasteiger charge is -2.00. The average Bonchev–Trinajstić information content (AvgIpc) is 3.31. The molecule has 0 saturated heterocycles. The van der Waals surface area contributed by atoms with Gasteiger partial charge in [0.25, 0.3) is 5.91 Å². The van der Waals surface area contributed by atoms with Gasteiger partial charge in [-0.2, -0.15) is 5.10 Å². The maximum Gasteiger partial charge on any atom is 0.273 e. The zero-order valence-electron chi connectivity index (χ0n) is 11.9. The van der Waals surface area contributed by atoms with Gasteiger partial charge in [-0.25, -0.2) is 0 Å². The normalized spacial score (nSPS) is 11.0. The molecule has 0 atom stereocenters. The molecule has 0 aliphatic carbocycles. The van der Waals surface area contributed by atoms with E-state index >= 15 is 0 Å². The molecule has 6 nitrogen and oxygen atoms in total. The van der Waals surface area contributed by atoms with Gasteiger partial charge < -0.3 is 9.84 Å². The number of amides is 1. The minimum absolute atomic E-state index is 0.261. The number of H-pyrrole nitrogens is 1. The second kappa shape index (κ2) is 5.69. The van der Waals surface area contributed by atoms with Gasteiger partial charge in [-0.3, -0.25) is 9.89 Å². The third kappa shape index (κ3) is 2.62. The van der Waals surface area contributed by atoms with Crippen molar-refractivity contribution in [2.75, 3.05) is 0 Å². The Hall–Kier alpha value is -2.93. The Labute approximate surface area is 135 Å². The maximum absolute atomic E-state index is 12.2. The number of carbonyl (C=O) groups excluding carboxylic acids is 1. The van der Waals surface area contributed by atoms with Crippen LogP contribution in [0.1, 0.15) is 16.2 Å². The fourth-order valence-corrected chi connectivity index (χ4v) is 3.00. The quantitative estimate of drug-likeness (QED) is 0.604. The molecule has 2 N–H and O–H groups in total. The number of rotatable bonds is 4. The number of nitrogens with one attached hydrogen (secondary N) is 2. The number of benzene rings is 1. The SMILES string of the molecule is O=C(NCc1[nH]nc2ccccc12)c1cc(-c2cccs2)on1. The topological polar surface area (TPSA) is 83.8 Å². The summed E-state index contributed by atoms with van der Waals surface area (Å²) in [5, 5.41) is 16.7. The molecule has 4 aromatic rings. The lowest BCUT2D eigenvalue weighted by atomic mass is 10.2. The van der Waals surface area contributed by atoms with Crippen LogP contribution in [0.4, 0.5) is 0 Å². The fraction of sp³-hybridized carbons (Fsp3) is 0.0625. The van der Waals surface area contributed by atoms with Crippen LogP contribution >= 0.6 is 11.3 Å². The van der Waals surface area contributed by atoms with E-state index in [2.05, 4.69) is 20.7 Å². The highest BCUT2D eigenvalue weighted by molar-refractivity contribution is 7.13. The molecule has 1 amide bonds. The van der Waals surface area contributed by atoms with Gasteiger partial charge in [0.15, 0.2) is 11.5 Å². The lowest BCUT2D eigenvalue weighted by Crippen LogP contribution is -2.23. The Morgan fingerprint density at radius 2 is 2.17 bits per heavy atom. The molecule has 0 unspecified atom stereocenters. The van der Waals surface area contributed by atoms with Crippen molar-refractivity contribution < 1.29 is 9.32 Å². The highest BCUT2D eigenvalue weighted by Gasteiger charge is 2.14. The van der Waals surface area contributed by atoms with Crippen LogP contribution in [-0.2, 0) is 6.54 Å². The summed E-state index contributed by atoms with van der Waals surface area (Å²) in [4.78, 5) is 13.1. The van der Waals surface area contributed by atoms with Crippen molar-refractivity contribution >= 4 is 28.1 Å². The summed E-state index contributed by atoms with van der Waals surface area (Å²) in [6.07, 6.45) is 0. The Morgan fingerprint density at radius 3 is 3.04 bits per heavy atom. The molecular weight excluding hydrogens is 312 g/mol. The minimum atomic E-state index is -0.282. The van der Waals surface area contributed by atoms with Crippen LogP contribution in [0.2, 0.25) is 0 Å². The van der Waals surface area contributed by atoms with Gasteiger partial charge in [0.2, 0.25) is 0 Å². The van der Waals surface area contributed by atoms with Gasteiger partial charge in [0.05, 0.1) is 22.6 Å². The van der Waals surface area contributed by atoms with E-state index in [4.69, 9.17) is 4.52 Å². The first-order chi connectivity index (χ1) is 11.3. The maximum atomic E-state index is 12.2. The van der Waals surface area contributed by atoms with Crippen molar-refractivity contribution in [2.45, 2.75) is 6.54 Å². The molecule has 3 heterocycles. The molecule has 1 aromatic carbocycles. The van der Waals surface area contributed by atoms with Crippen LogP contribution in [0, 0.1) is 0 Å². The molecule has 0 aliphatic rings. The smallest absolute Gasteiger partial charge is 0.273 e. The zero-order valence-corrected chi connectivity index (χ0v) is 12.8. The first-order valence-corrected chi connectivity index (χ1v) is 7.90. The third-order valence-electron chi connectivity index (χ3n) is 3.47. The summed E-state index contributed by atoms with van der Waals surface area (Å²) in [5.74, 6) is 0.312. The van der Waals surface area contributed by atoms with Gasteiger partial charge in [-0.05, 0) is 17.5 Å². The Kier molecular flexibility index (Phi) is 3.39. The molecule has 0 spiro atoms. The first-order valence-electron chi connectivity index (χ1n) is 7.02. The summed E-state index contributed by atoms with van der Waals surface area (Å²) in [7, 11) is 0. The van der Waals surface area contributed by atoms with Crippen LogP contribution in [0.3, 0.4) is 0 Å². The van der Waals surface area contributed by atoms with Crippen LogP contribution in [0.15, 0.2) is 52.4 Å². The van der Waals surface area contributed by atoms with E-state index in [-0.39, 0.29) is 11.6 Å². The zero-order chi connectivity index (χ0) is 15.6. The standard InChI is InChI=1S/C16H12N4O2S/c21-16(12-8-14(22-20-12)15-6-3-7-23-15)17-9-13-10-4-1-2-5-11(10)18-19-13/h1-8H,9H2,(H,17,21)(H,18,19). The van der Waals surface area contributed by atoms with Crippen molar-refractivity contribution in [3.8, 4) is 10.6 Å². The van der Waals surface area contributed by atoms with Crippen molar-refractivity contribution in [3.63, 3.8) is 0 Å². The van der Waals surface area contributed by atoms with E-state index in [1.54, 1.807) is 6.07 Å². The number of aromatic amines is 1. The lowest BCUT2D eigenvalue weighted by molar-refractivity contribution is 0.0941.